The molecule has 3 amide bonds. The number of amides is 3. The van der Waals surface area contributed by atoms with E-state index in [1.54, 1.807) is 12.1 Å². The van der Waals surface area contributed by atoms with E-state index < -0.39 is 23.9 Å². The lowest BCUT2D eigenvalue weighted by Gasteiger charge is -2.25. The van der Waals surface area contributed by atoms with Crippen molar-refractivity contribution in [1.82, 2.24) is 10.0 Å². The van der Waals surface area contributed by atoms with Gasteiger partial charge in [-0.15, -0.1) is 0 Å². The highest BCUT2D eigenvalue weighted by molar-refractivity contribution is 6.25. The largest absolute Gasteiger partial charge is 0.271 e. The molecule has 3 heterocycles. The Morgan fingerprint density at radius 3 is 2.39 bits per heavy atom. The highest BCUT2D eigenvalue weighted by atomic mass is 16.2. The number of imide groups is 1. The first-order valence-electron chi connectivity index (χ1n) is 13.5. The number of benzene rings is 4. The molecule has 202 valence electrons. The van der Waals surface area contributed by atoms with Gasteiger partial charge in [0.15, 0.2) is 12.1 Å². The van der Waals surface area contributed by atoms with Gasteiger partial charge in [-0.25, -0.2) is 9.91 Å². The molecule has 0 unspecified atom stereocenters. The molecule has 1 saturated heterocycles. The number of hydrogen-bond donors (Lipinski definition) is 0. The number of fused-ring (bicyclic) bond motifs is 2. The summed E-state index contributed by atoms with van der Waals surface area (Å²) < 4.78 is 0. The zero-order valence-corrected chi connectivity index (χ0v) is 22.3. The van der Waals surface area contributed by atoms with Gasteiger partial charge in [-0.3, -0.25) is 19.4 Å². The van der Waals surface area contributed by atoms with Gasteiger partial charge in [0.05, 0.1) is 17.4 Å². The number of hydrazone groups is 1. The Labute approximate surface area is 236 Å². The van der Waals surface area contributed by atoms with Gasteiger partial charge in [-0.2, -0.15) is 10.2 Å². The van der Waals surface area contributed by atoms with Crippen molar-refractivity contribution in [2.45, 2.75) is 31.5 Å². The average Bonchev–Trinajstić information content (AvgIpc) is 3.69. The fraction of sp³-hybridized carbons (Fsp3) is 0.188. The summed E-state index contributed by atoms with van der Waals surface area (Å²) in [6.45, 7) is 1.70. The fourth-order valence-corrected chi connectivity index (χ4v) is 5.83. The molecule has 0 radical (unpaired) electrons. The van der Waals surface area contributed by atoms with Gasteiger partial charge in [0.1, 0.15) is 6.54 Å². The lowest BCUT2D eigenvalue weighted by molar-refractivity contribution is -0.135. The molecule has 1 fully saturated rings. The molecule has 0 aromatic heterocycles. The van der Waals surface area contributed by atoms with Crippen LogP contribution in [0, 0.1) is 6.92 Å². The Morgan fingerprint density at radius 2 is 1.59 bits per heavy atom. The van der Waals surface area contributed by atoms with Crippen molar-refractivity contribution >= 4 is 39.9 Å². The van der Waals surface area contributed by atoms with Gasteiger partial charge in [0.25, 0.3) is 17.7 Å². The summed E-state index contributed by atoms with van der Waals surface area (Å²) in [5, 5.41) is 18.0. The Hall–Kier alpha value is -5.18. The molecule has 7 rings (SSSR count). The minimum absolute atomic E-state index is 0.235. The molecule has 0 spiro atoms. The molecule has 3 aliphatic heterocycles. The molecule has 0 bridgehead atoms. The van der Waals surface area contributed by atoms with E-state index in [0.29, 0.717) is 12.1 Å². The second-order valence-corrected chi connectivity index (χ2v) is 10.5. The van der Waals surface area contributed by atoms with E-state index in [1.165, 1.54) is 10.0 Å². The Morgan fingerprint density at radius 1 is 0.854 bits per heavy atom. The van der Waals surface area contributed by atoms with Crippen molar-refractivity contribution in [3.8, 4) is 0 Å². The van der Waals surface area contributed by atoms with Crippen molar-refractivity contribution in [1.29, 1.82) is 0 Å². The number of hydrogen-bond acceptors (Lipinski definition) is 7. The first-order valence-corrected chi connectivity index (χ1v) is 13.5. The van der Waals surface area contributed by atoms with Crippen LogP contribution in [0.1, 0.15) is 29.2 Å². The van der Waals surface area contributed by atoms with E-state index >= 15 is 0 Å². The third kappa shape index (κ3) is 4.17. The van der Waals surface area contributed by atoms with Gasteiger partial charge < -0.3 is 0 Å². The molecule has 4 aromatic carbocycles. The van der Waals surface area contributed by atoms with E-state index in [9.17, 15) is 14.4 Å². The summed E-state index contributed by atoms with van der Waals surface area (Å²) in [5.41, 5.74) is 4.24. The molecular formula is C32H26N6O3. The van der Waals surface area contributed by atoms with Crippen LogP contribution in [0.25, 0.3) is 10.8 Å². The first-order chi connectivity index (χ1) is 20.0. The molecule has 4 aromatic rings. The molecule has 0 N–H and O–H groups in total. The molecule has 0 saturated carbocycles. The maximum Gasteiger partial charge on any atom is 0.264 e. The second-order valence-electron chi connectivity index (χ2n) is 10.5. The molecule has 3 aliphatic rings. The van der Waals surface area contributed by atoms with Crippen LogP contribution in [0.5, 0.6) is 0 Å². The van der Waals surface area contributed by atoms with E-state index in [1.807, 2.05) is 73.7 Å². The zero-order chi connectivity index (χ0) is 28.1. The monoisotopic (exact) mass is 542 g/mol. The van der Waals surface area contributed by atoms with Crippen LogP contribution in [-0.2, 0) is 14.4 Å². The first kappa shape index (κ1) is 24.8. The SMILES string of the molecule is Cc1ccc(N2C(=O)[C@@H]3N=NN(CC(=O)N4N=C(c5cccc6ccccc56)C[C@@H]4c4ccccc4)[C@H]3C2=O)cc1. The lowest BCUT2D eigenvalue weighted by atomic mass is 9.95. The Kier molecular flexibility index (Phi) is 5.92. The molecular weight excluding hydrogens is 516 g/mol. The van der Waals surface area contributed by atoms with Crippen LogP contribution in [0.3, 0.4) is 0 Å². The molecule has 0 aliphatic carbocycles. The van der Waals surface area contributed by atoms with Gasteiger partial charge in [-0.1, -0.05) is 95.7 Å². The summed E-state index contributed by atoms with van der Waals surface area (Å²) in [6.07, 6.45) is 0.538. The third-order valence-corrected chi connectivity index (χ3v) is 7.90. The average molecular weight is 543 g/mol. The maximum atomic E-state index is 13.9. The topological polar surface area (TPSA) is 98.0 Å². The van der Waals surface area contributed by atoms with Crippen LogP contribution in [0.2, 0.25) is 0 Å². The quantitative estimate of drug-likeness (QED) is 0.338. The standard InChI is InChI=1S/C32H26N6O3/c1-20-14-16-23(17-15-20)37-31(40)29-30(32(37)41)36(35-33-29)19-28(39)38-27(22-9-3-2-4-10-22)18-26(34-38)25-13-7-11-21-8-5-6-12-24(21)25/h2-17,27,29-30H,18-19H2,1H3/t27-,29-,30-/m1/s1. The van der Waals surface area contributed by atoms with Crippen molar-refractivity contribution in [2.75, 3.05) is 11.4 Å². The number of aryl methyl sites for hydroxylation is 1. The summed E-state index contributed by atoms with van der Waals surface area (Å²) >= 11 is 0. The minimum Gasteiger partial charge on any atom is -0.271 e. The Balaban J connectivity index is 1.18. The lowest BCUT2D eigenvalue weighted by Crippen LogP contribution is -2.44. The summed E-state index contributed by atoms with van der Waals surface area (Å²) in [4.78, 5) is 41.6. The highest BCUT2D eigenvalue weighted by Gasteiger charge is 2.55. The number of nitrogens with zero attached hydrogens (tertiary/aromatic N) is 6. The number of carbonyl (C=O) groups excluding carboxylic acids is 3. The fourth-order valence-electron chi connectivity index (χ4n) is 5.83. The predicted molar refractivity (Wildman–Crippen MR) is 154 cm³/mol. The van der Waals surface area contributed by atoms with Gasteiger partial charge in [0.2, 0.25) is 0 Å². The molecule has 41 heavy (non-hydrogen) atoms. The van der Waals surface area contributed by atoms with Crippen molar-refractivity contribution in [3.63, 3.8) is 0 Å². The van der Waals surface area contributed by atoms with E-state index in [4.69, 9.17) is 5.10 Å². The zero-order valence-electron chi connectivity index (χ0n) is 22.3. The summed E-state index contributed by atoms with van der Waals surface area (Å²) in [7, 11) is 0. The number of anilines is 1. The normalized spacial score (nSPS) is 21.6. The van der Waals surface area contributed by atoms with E-state index in [0.717, 1.165) is 38.1 Å². The van der Waals surface area contributed by atoms with Crippen molar-refractivity contribution in [3.05, 3.63) is 114 Å². The third-order valence-electron chi connectivity index (χ3n) is 7.90. The van der Waals surface area contributed by atoms with Crippen molar-refractivity contribution < 1.29 is 14.4 Å². The van der Waals surface area contributed by atoms with E-state index in [2.05, 4.69) is 28.5 Å². The van der Waals surface area contributed by atoms with Gasteiger partial charge >= 0.3 is 0 Å². The predicted octanol–water partition coefficient (Wildman–Crippen LogP) is 4.82. The van der Waals surface area contributed by atoms with Crippen molar-refractivity contribution in [2.24, 2.45) is 15.4 Å². The summed E-state index contributed by atoms with van der Waals surface area (Å²) in [6, 6.07) is 28.9. The molecule has 9 heteroatoms. The van der Waals surface area contributed by atoms with Crippen LogP contribution in [0.15, 0.2) is 113 Å². The maximum absolute atomic E-state index is 13.9. The van der Waals surface area contributed by atoms with Crippen LogP contribution in [0.4, 0.5) is 5.69 Å². The van der Waals surface area contributed by atoms with Crippen LogP contribution < -0.4 is 4.90 Å². The number of rotatable bonds is 5. The Bertz CT molecular complexity index is 1750. The van der Waals surface area contributed by atoms with Crippen LogP contribution in [-0.4, -0.2) is 52.1 Å². The second kappa shape index (κ2) is 9.78. The van der Waals surface area contributed by atoms with Gasteiger partial charge in [0, 0.05) is 12.0 Å². The smallest absolute Gasteiger partial charge is 0.264 e. The molecule has 9 nitrogen and oxygen atoms in total. The van der Waals surface area contributed by atoms with Crippen LogP contribution >= 0.6 is 0 Å². The van der Waals surface area contributed by atoms with E-state index in [-0.39, 0.29) is 18.5 Å². The highest BCUT2D eigenvalue weighted by Crippen LogP contribution is 2.36. The molecule has 3 atom stereocenters. The number of carbonyl (C=O) groups is 3. The van der Waals surface area contributed by atoms with Gasteiger partial charge in [-0.05, 0) is 35.4 Å². The minimum atomic E-state index is -0.977. The summed E-state index contributed by atoms with van der Waals surface area (Å²) in [5.74, 6) is -1.22.